The van der Waals surface area contributed by atoms with Gasteiger partial charge in [-0.2, -0.15) is 5.10 Å². The summed E-state index contributed by atoms with van der Waals surface area (Å²) in [4.78, 5) is 16.9. The van der Waals surface area contributed by atoms with E-state index < -0.39 is 5.60 Å². The number of rotatable bonds is 6. The van der Waals surface area contributed by atoms with Gasteiger partial charge in [0.05, 0.1) is 23.6 Å². The number of amides is 1. The average molecular weight is 385 g/mol. The summed E-state index contributed by atoms with van der Waals surface area (Å²) in [7, 11) is 1.85. The summed E-state index contributed by atoms with van der Waals surface area (Å²) < 4.78 is 7.55. The Morgan fingerprint density at radius 2 is 1.96 bits per heavy atom. The molecule has 0 unspecified atom stereocenters. The second kappa shape index (κ2) is 7.80. The molecule has 0 aliphatic carbocycles. The predicted molar refractivity (Wildman–Crippen MR) is 104 cm³/mol. The molecule has 1 aromatic carbocycles. The zero-order chi connectivity index (χ0) is 19.4. The van der Waals surface area contributed by atoms with E-state index in [-0.39, 0.29) is 5.91 Å². The Morgan fingerprint density at radius 1 is 1.22 bits per heavy atom. The Kier molecular flexibility index (Phi) is 5.46. The molecule has 3 aromatic rings. The molecule has 0 radical (unpaired) electrons. The molecule has 27 heavy (non-hydrogen) atoms. The average Bonchev–Trinajstić information content (AvgIpc) is 3.03. The van der Waals surface area contributed by atoms with Crippen LogP contribution in [0.3, 0.4) is 0 Å². The number of hydrogen-bond acceptors (Lipinski definition) is 4. The van der Waals surface area contributed by atoms with E-state index in [0.717, 1.165) is 17.1 Å². The predicted octanol–water partition coefficient (Wildman–Crippen LogP) is 3.61. The van der Waals surface area contributed by atoms with Gasteiger partial charge in [-0.25, -0.2) is 0 Å². The first-order valence-corrected chi connectivity index (χ1v) is 8.90. The van der Waals surface area contributed by atoms with Crippen molar-refractivity contribution in [1.82, 2.24) is 20.1 Å². The number of halogens is 1. The number of ether oxygens (including phenoxy) is 1. The topological polar surface area (TPSA) is 69.0 Å². The third-order valence-electron chi connectivity index (χ3n) is 4.02. The molecule has 2 heterocycles. The molecule has 0 saturated heterocycles. The number of aromatic nitrogens is 3. The SMILES string of the molecule is Cn1nc(CNC(=O)C(C)(C)Oc2ccc(Cl)cc2)cc1-c1ccccn1. The van der Waals surface area contributed by atoms with Gasteiger partial charge in [0.1, 0.15) is 5.75 Å². The van der Waals surface area contributed by atoms with E-state index in [1.54, 1.807) is 49.0 Å². The number of aryl methyl sites for hydroxylation is 1. The van der Waals surface area contributed by atoms with Crippen LogP contribution in [-0.4, -0.2) is 26.3 Å². The minimum Gasteiger partial charge on any atom is -0.478 e. The summed E-state index contributed by atoms with van der Waals surface area (Å²) in [5.41, 5.74) is 1.42. The quantitative estimate of drug-likeness (QED) is 0.704. The summed E-state index contributed by atoms with van der Waals surface area (Å²) in [6, 6.07) is 14.5. The Balaban J connectivity index is 1.64. The van der Waals surface area contributed by atoms with Crippen LogP contribution in [0.5, 0.6) is 5.75 Å². The first kappa shape index (κ1) is 18.9. The van der Waals surface area contributed by atoms with Crippen LogP contribution < -0.4 is 10.1 Å². The highest BCUT2D eigenvalue weighted by Crippen LogP contribution is 2.21. The van der Waals surface area contributed by atoms with Crippen LogP contribution in [-0.2, 0) is 18.4 Å². The van der Waals surface area contributed by atoms with Crippen LogP contribution in [0.15, 0.2) is 54.7 Å². The highest BCUT2D eigenvalue weighted by Gasteiger charge is 2.30. The molecule has 1 N–H and O–H groups in total. The standard InChI is InChI=1S/C20H21ClN4O2/c1-20(2,27-16-9-7-14(21)8-10-16)19(26)23-13-15-12-18(25(3)24-15)17-6-4-5-11-22-17/h4-12H,13H2,1-3H3,(H,23,26). The van der Waals surface area contributed by atoms with Crippen LogP contribution in [0.1, 0.15) is 19.5 Å². The molecule has 140 valence electrons. The van der Waals surface area contributed by atoms with Crippen molar-refractivity contribution in [2.75, 3.05) is 0 Å². The lowest BCUT2D eigenvalue weighted by atomic mass is 10.1. The first-order chi connectivity index (χ1) is 12.8. The Bertz CT molecular complexity index is 921. The maximum Gasteiger partial charge on any atom is 0.263 e. The Hall–Kier alpha value is -2.86. The minimum absolute atomic E-state index is 0.234. The highest BCUT2D eigenvalue weighted by atomic mass is 35.5. The second-order valence-electron chi connectivity index (χ2n) is 6.61. The van der Waals surface area contributed by atoms with Crippen molar-refractivity contribution in [2.45, 2.75) is 26.0 Å². The number of nitrogens with zero attached hydrogens (tertiary/aromatic N) is 3. The van der Waals surface area contributed by atoms with Crippen molar-refractivity contribution in [3.05, 3.63) is 65.4 Å². The Morgan fingerprint density at radius 3 is 2.63 bits per heavy atom. The van der Waals surface area contributed by atoms with Crippen LogP contribution in [0.2, 0.25) is 5.02 Å². The molecule has 0 fully saturated rings. The molecular weight excluding hydrogens is 364 g/mol. The largest absolute Gasteiger partial charge is 0.478 e. The molecule has 1 amide bonds. The third kappa shape index (κ3) is 4.65. The van der Waals surface area contributed by atoms with Gasteiger partial charge in [-0.3, -0.25) is 14.5 Å². The van der Waals surface area contributed by atoms with E-state index in [0.29, 0.717) is 17.3 Å². The zero-order valence-electron chi connectivity index (χ0n) is 15.4. The van der Waals surface area contributed by atoms with E-state index in [4.69, 9.17) is 16.3 Å². The fourth-order valence-electron chi connectivity index (χ4n) is 2.59. The summed E-state index contributed by atoms with van der Waals surface area (Å²) in [6.07, 6.45) is 1.74. The van der Waals surface area contributed by atoms with Crippen LogP contribution in [0.4, 0.5) is 0 Å². The fraction of sp³-hybridized carbons (Fsp3) is 0.250. The van der Waals surface area contributed by atoms with Crippen LogP contribution in [0.25, 0.3) is 11.4 Å². The molecule has 0 spiro atoms. The number of carbonyl (C=O) groups excluding carboxylic acids is 1. The molecule has 0 saturated carbocycles. The smallest absolute Gasteiger partial charge is 0.263 e. The van der Waals surface area contributed by atoms with E-state index >= 15 is 0 Å². The molecule has 7 heteroatoms. The lowest BCUT2D eigenvalue weighted by Gasteiger charge is -2.25. The van der Waals surface area contributed by atoms with E-state index in [1.165, 1.54) is 0 Å². The van der Waals surface area contributed by atoms with Gasteiger partial charge in [0, 0.05) is 18.3 Å². The summed E-state index contributed by atoms with van der Waals surface area (Å²) in [6.45, 7) is 3.73. The lowest BCUT2D eigenvalue weighted by Crippen LogP contribution is -2.46. The van der Waals surface area contributed by atoms with Gasteiger partial charge >= 0.3 is 0 Å². The van der Waals surface area contributed by atoms with E-state index in [1.807, 2.05) is 31.3 Å². The third-order valence-corrected chi connectivity index (χ3v) is 4.27. The van der Waals surface area contributed by atoms with Crippen LogP contribution >= 0.6 is 11.6 Å². The second-order valence-corrected chi connectivity index (χ2v) is 7.04. The van der Waals surface area contributed by atoms with Gasteiger partial charge in [0.15, 0.2) is 5.60 Å². The number of pyridine rings is 1. The van der Waals surface area contributed by atoms with Gasteiger partial charge in [0.25, 0.3) is 5.91 Å². The molecule has 0 aliphatic rings. The van der Waals surface area contributed by atoms with Crippen molar-refractivity contribution >= 4 is 17.5 Å². The van der Waals surface area contributed by atoms with Crippen LogP contribution in [0, 0.1) is 0 Å². The highest BCUT2D eigenvalue weighted by molar-refractivity contribution is 6.30. The summed E-state index contributed by atoms with van der Waals surface area (Å²) in [5.74, 6) is 0.345. The zero-order valence-corrected chi connectivity index (χ0v) is 16.2. The van der Waals surface area contributed by atoms with Gasteiger partial charge in [-0.05, 0) is 56.3 Å². The van der Waals surface area contributed by atoms with Crippen molar-refractivity contribution < 1.29 is 9.53 Å². The summed E-state index contributed by atoms with van der Waals surface area (Å²) in [5, 5.41) is 7.93. The monoisotopic (exact) mass is 384 g/mol. The van der Waals surface area contributed by atoms with Crippen molar-refractivity contribution in [3.8, 4) is 17.1 Å². The normalized spacial score (nSPS) is 11.3. The van der Waals surface area contributed by atoms with Gasteiger partial charge in [-0.15, -0.1) is 0 Å². The van der Waals surface area contributed by atoms with Crippen molar-refractivity contribution in [2.24, 2.45) is 7.05 Å². The molecule has 0 bridgehead atoms. The molecule has 3 rings (SSSR count). The van der Waals surface area contributed by atoms with Gasteiger partial charge in [-0.1, -0.05) is 17.7 Å². The maximum atomic E-state index is 12.6. The first-order valence-electron chi connectivity index (χ1n) is 8.52. The molecular formula is C20H21ClN4O2. The molecule has 0 atom stereocenters. The van der Waals surface area contributed by atoms with Gasteiger partial charge in [0.2, 0.25) is 0 Å². The molecule has 0 aliphatic heterocycles. The number of hydrogen-bond donors (Lipinski definition) is 1. The molecule has 2 aromatic heterocycles. The van der Waals surface area contributed by atoms with E-state index in [9.17, 15) is 4.79 Å². The lowest BCUT2D eigenvalue weighted by molar-refractivity contribution is -0.134. The van der Waals surface area contributed by atoms with Crippen molar-refractivity contribution in [3.63, 3.8) is 0 Å². The molecule has 6 nitrogen and oxygen atoms in total. The van der Waals surface area contributed by atoms with Gasteiger partial charge < -0.3 is 10.1 Å². The van der Waals surface area contributed by atoms with Crippen molar-refractivity contribution in [1.29, 1.82) is 0 Å². The maximum absolute atomic E-state index is 12.6. The fourth-order valence-corrected chi connectivity index (χ4v) is 2.72. The number of carbonyl (C=O) groups is 1. The Labute approximate surface area is 163 Å². The number of nitrogens with one attached hydrogen (secondary N) is 1. The minimum atomic E-state index is -1.04. The number of benzene rings is 1. The van der Waals surface area contributed by atoms with E-state index in [2.05, 4.69) is 15.4 Å². The summed E-state index contributed by atoms with van der Waals surface area (Å²) >= 11 is 5.87.